The summed E-state index contributed by atoms with van der Waals surface area (Å²) >= 11 is 0. The van der Waals surface area contributed by atoms with Crippen LogP contribution in [0.4, 0.5) is 5.69 Å². The van der Waals surface area contributed by atoms with Crippen LogP contribution < -0.4 is 10.1 Å². The van der Waals surface area contributed by atoms with Gasteiger partial charge in [-0.15, -0.1) is 0 Å². The van der Waals surface area contributed by atoms with E-state index in [4.69, 9.17) is 4.74 Å². The summed E-state index contributed by atoms with van der Waals surface area (Å²) in [5, 5.41) is 2.90. The van der Waals surface area contributed by atoms with Gasteiger partial charge in [-0.2, -0.15) is 0 Å². The minimum Gasteiger partial charge on any atom is -0.495 e. The van der Waals surface area contributed by atoms with Crippen molar-refractivity contribution in [1.82, 2.24) is 4.98 Å². The lowest BCUT2D eigenvalue weighted by atomic mass is 10.1. The number of benzene rings is 2. The van der Waals surface area contributed by atoms with Gasteiger partial charge in [-0.3, -0.25) is 9.78 Å². The Labute approximate surface area is 134 Å². The number of nitrogens with zero attached hydrogens (tertiary/aromatic N) is 1. The fraction of sp³-hybridized carbons (Fsp3) is 0.0526. The summed E-state index contributed by atoms with van der Waals surface area (Å²) in [4.78, 5) is 16.7. The lowest BCUT2D eigenvalue weighted by Crippen LogP contribution is -2.12. The molecule has 4 nitrogen and oxygen atoms in total. The van der Waals surface area contributed by atoms with Gasteiger partial charge in [-0.1, -0.05) is 24.3 Å². The summed E-state index contributed by atoms with van der Waals surface area (Å²) in [7, 11) is 1.58. The number of hydrogen-bond acceptors (Lipinski definition) is 3. The van der Waals surface area contributed by atoms with Gasteiger partial charge in [0.05, 0.1) is 18.5 Å². The SMILES string of the molecule is COc1ccc(-c2ccccn2)cc1NC(=O)c1ccccc1. The number of ether oxygens (including phenoxy) is 1. The zero-order valence-corrected chi connectivity index (χ0v) is 12.7. The summed E-state index contributed by atoms with van der Waals surface area (Å²) in [5.74, 6) is 0.427. The Morgan fingerprint density at radius 2 is 1.78 bits per heavy atom. The monoisotopic (exact) mass is 304 g/mol. The Balaban J connectivity index is 1.93. The average molecular weight is 304 g/mol. The zero-order valence-electron chi connectivity index (χ0n) is 12.7. The second-order valence-corrected chi connectivity index (χ2v) is 4.95. The fourth-order valence-electron chi connectivity index (χ4n) is 2.28. The minimum absolute atomic E-state index is 0.179. The Morgan fingerprint density at radius 1 is 1.00 bits per heavy atom. The molecule has 1 heterocycles. The normalized spacial score (nSPS) is 10.1. The number of aromatic nitrogens is 1. The maximum Gasteiger partial charge on any atom is 0.255 e. The smallest absolute Gasteiger partial charge is 0.255 e. The van der Waals surface area contributed by atoms with E-state index in [0.29, 0.717) is 17.0 Å². The molecule has 4 heteroatoms. The number of amides is 1. The van der Waals surface area contributed by atoms with Crippen LogP contribution in [-0.4, -0.2) is 18.0 Å². The Morgan fingerprint density at radius 3 is 2.48 bits per heavy atom. The molecule has 0 fully saturated rings. The van der Waals surface area contributed by atoms with E-state index < -0.39 is 0 Å². The first-order valence-electron chi connectivity index (χ1n) is 7.24. The van der Waals surface area contributed by atoms with Gasteiger partial charge >= 0.3 is 0 Å². The predicted molar refractivity (Wildman–Crippen MR) is 90.6 cm³/mol. The second kappa shape index (κ2) is 6.75. The van der Waals surface area contributed by atoms with Crippen molar-refractivity contribution in [3.05, 3.63) is 78.5 Å². The van der Waals surface area contributed by atoms with E-state index >= 15 is 0 Å². The van der Waals surface area contributed by atoms with Crippen molar-refractivity contribution < 1.29 is 9.53 Å². The molecule has 0 unspecified atom stereocenters. The van der Waals surface area contributed by atoms with Crippen LogP contribution >= 0.6 is 0 Å². The van der Waals surface area contributed by atoms with Gasteiger partial charge in [0.1, 0.15) is 5.75 Å². The van der Waals surface area contributed by atoms with Crippen molar-refractivity contribution in [1.29, 1.82) is 0 Å². The summed E-state index contributed by atoms with van der Waals surface area (Å²) < 4.78 is 5.34. The quantitative estimate of drug-likeness (QED) is 0.792. The third-order valence-corrected chi connectivity index (χ3v) is 3.44. The molecule has 0 saturated carbocycles. The molecule has 0 atom stereocenters. The topological polar surface area (TPSA) is 51.2 Å². The second-order valence-electron chi connectivity index (χ2n) is 4.95. The van der Waals surface area contributed by atoms with Gasteiger partial charge < -0.3 is 10.1 Å². The van der Waals surface area contributed by atoms with E-state index in [-0.39, 0.29) is 5.91 Å². The van der Waals surface area contributed by atoms with E-state index in [2.05, 4.69) is 10.3 Å². The van der Waals surface area contributed by atoms with Crippen LogP contribution in [0.25, 0.3) is 11.3 Å². The first kappa shape index (κ1) is 14.8. The third kappa shape index (κ3) is 3.37. The highest BCUT2D eigenvalue weighted by Gasteiger charge is 2.11. The number of nitrogens with one attached hydrogen (secondary N) is 1. The summed E-state index contributed by atoms with van der Waals surface area (Å²) in [6, 6.07) is 20.4. The number of carbonyl (C=O) groups excluding carboxylic acids is 1. The maximum absolute atomic E-state index is 12.3. The molecule has 0 radical (unpaired) electrons. The van der Waals surface area contributed by atoms with Crippen LogP contribution in [-0.2, 0) is 0 Å². The summed E-state index contributed by atoms with van der Waals surface area (Å²) in [5.41, 5.74) is 2.96. The van der Waals surface area contributed by atoms with E-state index in [1.54, 1.807) is 25.4 Å². The molecule has 0 aliphatic heterocycles. The van der Waals surface area contributed by atoms with Crippen LogP contribution in [0.1, 0.15) is 10.4 Å². The first-order valence-corrected chi connectivity index (χ1v) is 7.24. The highest BCUT2D eigenvalue weighted by atomic mass is 16.5. The largest absolute Gasteiger partial charge is 0.495 e. The number of carbonyl (C=O) groups is 1. The molecule has 0 aliphatic carbocycles. The van der Waals surface area contributed by atoms with Crippen molar-refractivity contribution in [3.8, 4) is 17.0 Å². The van der Waals surface area contributed by atoms with Gasteiger partial charge in [0.15, 0.2) is 0 Å². The van der Waals surface area contributed by atoms with Crippen LogP contribution in [0.2, 0.25) is 0 Å². The molecule has 3 aromatic rings. The number of hydrogen-bond donors (Lipinski definition) is 1. The van der Waals surface area contributed by atoms with Gasteiger partial charge in [-0.05, 0) is 42.5 Å². The molecule has 1 N–H and O–H groups in total. The van der Waals surface area contributed by atoms with E-state index in [1.807, 2.05) is 54.6 Å². The standard InChI is InChI=1S/C19H16N2O2/c1-23-18-11-10-15(16-9-5-6-12-20-16)13-17(18)21-19(22)14-7-3-2-4-8-14/h2-13H,1H3,(H,21,22). The molecular weight excluding hydrogens is 288 g/mol. The molecule has 114 valence electrons. The molecule has 0 saturated heterocycles. The summed E-state index contributed by atoms with van der Waals surface area (Å²) in [6.07, 6.45) is 1.74. The highest BCUT2D eigenvalue weighted by molar-refractivity contribution is 6.05. The van der Waals surface area contributed by atoms with Gasteiger partial charge in [-0.25, -0.2) is 0 Å². The van der Waals surface area contributed by atoms with Crippen molar-refractivity contribution in [2.75, 3.05) is 12.4 Å². The fourth-order valence-corrected chi connectivity index (χ4v) is 2.28. The number of methoxy groups -OCH3 is 1. The van der Waals surface area contributed by atoms with Crippen LogP contribution in [0.3, 0.4) is 0 Å². The number of rotatable bonds is 4. The molecule has 0 spiro atoms. The van der Waals surface area contributed by atoms with Gasteiger partial charge in [0.25, 0.3) is 5.91 Å². The molecule has 2 aromatic carbocycles. The maximum atomic E-state index is 12.3. The molecule has 3 rings (SSSR count). The van der Waals surface area contributed by atoms with Crippen molar-refractivity contribution in [2.45, 2.75) is 0 Å². The van der Waals surface area contributed by atoms with E-state index in [9.17, 15) is 4.79 Å². The molecule has 23 heavy (non-hydrogen) atoms. The third-order valence-electron chi connectivity index (χ3n) is 3.44. The van der Waals surface area contributed by atoms with Crippen molar-refractivity contribution in [2.24, 2.45) is 0 Å². The van der Waals surface area contributed by atoms with E-state index in [1.165, 1.54) is 0 Å². The van der Waals surface area contributed by atoms with Gasteiger partial charge in [0, 0.05) is 17.3 Å². The molecule has 0 bridgehead atoms. The molecule has 0 aliphatic rings. The average Bonchev–Trinajstić information content (AvgIpc) is 2.63. The van der Waals surface area contributed by atoms with Crippen molar-refractivity contribution >= 4 is 11.6 Å². The summed E-state index contributed by atoms with van der Waals surface area (Å²) in [6.45, 7) is 0. The van der Waals surface area contributed by atoms with Crippen molar-refractivity contribution in [3.63, 3.8) is 0 Å². The number of pyridine rings is 1. The molecule has 1 aromatic heterocycles. The Hall–Kier alpha value is -3.14. The molecule has 1 amide bonds. The van der Waals surface area contributed by atoms with Crippen LogP contribution in [0.15, 0.2) is 72.9 Å². The minimum atomic E-state index is -0.179. The van der Waals surface area contributed by atoms with Crippen LogP contribution in [0, 0.1) is 0 Å². The lowest BCUT2D eigenvalue weighted by Gasteiger charge is -2.12. The Bertz CT molecular complexity index is 802. The number of anilines is 1. The van der Waals surface area contributed by atoms with Gasteiger partial charge in [0.2, 0.25) is 0 Å². The highest BCUT2D eigenvalue weighted by Crippen LogP contribution is 2.30. The zero-order chi connectivity index (χ0) is 16.1. The predicted octanol–water partition coefficient (Wildman–Crippen LogP) is 4.01. The lowest BCUT2D eigenvalue weighted by molar-refractivity contribution is 0.102. The Kier molecular flexibility index (Phi) is 4.34. The first-order chi connectivity index (χ1) is 11.3. The van der Waals surface area contributed by atoms with Crippen LogP contribution in [0.5, 0.6) is 5.75 Å². The molecular formula is C19H16N2O2. The van der Waals surface area contributed by atoms with E-state index in [0.717, 1.165) is 11.3 Å².